The van der Waals surface area contributed by atoms with Crippen LogP contribution in [-0.4, -0.2) is 46.1 Å². The van der Waals surface area contributed by atoms with Crippen LogP contribution in [0, 0.1) is 12.5 Å². The van der Waals surface area contributed by atoms with Gasteiger partial charge in [-0.25, -0.2) is 4.79 Å². The summed E-state index contributed by atoms with van der Waals surface area (Å²) in [5.74, 6) is -1.40. The van der Waals surface area contributed by atoms with E-state index in [1.54, 1.807) is 32.9 Å². The Balaban J connectivity index is 3.09. The van der Waals surface area contributed by atoms with Crippen molar-refractivity contribution in [3.63, 3.8) is 0 Å². The van der Waals surface area contributed by atoms with Gasteiger partial charge in [0.2, 0.25) is 5.91 Å². The van der Waals surface area contributed by atoms with Crippen LogP contribution in [0.3, 0.4) is 0 Å². The van der Waals surface area contributed by atoms with Crippen molar-refractivity contribution in [3.05, 3.63) is 29.8 Å². The summed E-state index contributed by atoms with van der Waals surface area (Å²) in [7, 11) is 0. The number of phenolic OH excluding ortho intramolecular Hbond substituents is 1. The van der Waals surface area contributed by atoms with Gasteiger partial charge >= 0.3 is 6.09 Å². The van der Waals surface area contributed by atoms with Crippen molar-refractivity contribution in [2.75, 3.05) is 6.54 Å². The first-order chi connectivity index (χ1) is 14.0. The predicted molar refractivity (Wildman–Crippen MR) is 113 cm³/mol. The number of terminal acetylenes is 1. The fourth-order valence-corrected chi connectivity index (χ4v) is 2.78. The van der Waals surface area contributed by atoms with Gasteiger partial charge in [0, 0.05) is 17.6 Å². The van der Waals surface area contributed by atoms with Gasteiger partial charge in [-0.05, 0) is 40.2 Å². The lowest BCUT2D eigenvalue weighted by atomic mass is 10.0. The number of phenols is 1. The molecule has 0 aliphatic carbocycles. The molecule has 0 aliphatic heterocycles. The Morgan fingerprint density at radius 3 is 2.43 bits per heavy atom. The minimum Gasteiger partial charge on any atom is -0.508 e. The van der Waals surface area contributed by atoms with Gasteiger partial charge in [-0.3, -0.25) is 14.5 Å². The molecule has 2 atom stereocenters. The molecule has 0 saturated carbocycles. The molecule has 3 N–H and O–H groups in total. The van der Waals surface area contributed by atoms with E-state index in [-0.39, 0.29) is 17.4 Å². The zero-order valence-corrected chi connectivity index (χ0v) is 18.2. The van der Waals surface area contributed by atoms with Crippen LogP contribution in [0.1, 0.15) is 59.1 Å². The van der Waals surface area contributed by atoms with Crippen LogP contribution >= 0.6 is 0 Å². The second-order valence-electron chi connectivity index (χ2n) is 7.91. The largest absolute Gasteiger partial charge is 0.508 e. The van der Waals surface area contributed by atoms with E-state index in [0.717, 1.165) is 17.7 Å². The van der Waals surface area contributed by atoms with Crippen molar-refractivity contribution in [1.29, 1.82) is 0 Å². The van der Waals surface area contributed by atoms with Crippen LogP contribution in [0.5, 0.6) is 5.75 Å². The number of amides is 3. The number of benzene rings is 1. The Kier molecular flexibility index (Phi) is 9.18. The minimum absolute atomic E-state index is 0.148. The first-order valence-electron chi connectivity index (χ1n) is 9.83. The number of ether oxygens (including phenoxy) is 1. The number of carbonyl (C=O) groups excluding carboxylic acids is 3. The normalized spacial score (nSPS) is 12.8. The molecule has 0 saturated heterocycles. The van der Waals surface area contributed by atoms with E-state index in [4.69, 9.17) is 11.2 Å². The molecule has 0 aromatic heterocycles. The Morgan fingerprint density at radius 1 is 1.27 bits per heavy atom. The highest BCUT2D eigenvalue weighted by Crippen LogP contribution is 2.29. The Bertz CT molecular complexity index is 795. The van der Waals surface area contributed by atoms with E-state index >= 15 is 0 Å². The summed E-state index contributed by atoms with van der Waals surface area (Å²) < 4.78 is 5.10. The Labute approximate surface area is 178 Å². The fraction of sp³-hybridized carbons (Fsp3) is 0.500. The lowest BCUT2D eigenvalue weighted by molar-refractivity contribution is -0.136. The number of hydrogen-bond donors (Lipinski definition) is 3. The van der Waals surface area contributed by atoms with Crippen molar-refractivity contribution < 1.29 is 24.2 Å². The third-order valence-corrected chi connectivity index (χ3v) is 4.04. The summed E-state index contributed by atoms with van der Waals surface area (Å²) in [4.78, 5) is 38.4. The number of hydrogen-bond acceptors (Lipinski definition) is 5. The SMILES string of the molecule is C#CN(C(=O)CNC(=O)OC(C)(C)C)C(C(=O)NC(C)CCC)c1ccccc1O. The maximum absolute atomic E-state index is 13.0. The van der Waals surface area contributed by atoms with Crippen LogP contribution in [0.2, 0.25) is 0 Å². The van der Waals surface area contributed by atoms with E-state index in [2.05, 4.69) is 16.7 Å². The average Bonchev–Trinajstić information content (AvgIpc) is 2.63. The Hall–Kier alpha value is -3.21. The molecule has 0 heterocycles. The van der Waals surface area contributed by atoms with Gasteiger partial charge < -0.3 is 20.5 Å². The third kappa shape index (κ3) is 7.66. The second kappa shape index (κ2) is 11.1. The molecule has 1 rings (SSSR count). The number of para-hydroxylation sites is 1. The average molecular weight is 418 g/mol. The van der Waals surface area contributed by atoms with Crippen LogP contribution in [0.15, 0.2) is 24.3 Å². The topological polar surface area (TPSA) is 108 Å². The second-order valence-corrected chi connectivity index (χ2v) is 7.91. The van der Waals surface area contributed by atoms with E-state index in [1.165, 1.54) is 12.1 Å². The zero-order chi connectivity index (χ0) is 22.9. The van der Waals surface area contributed by atoms with Crippen LogP contribution in [0.25, 0.3) is 0 Å². The molecule has 2 unspecified atom stereocenters. The predicted octanol–water partition coefficient (Wildman–Crippen LogP) is 2.68. The lowest BCUT2D eigenvalue weighted by Gasteiger charge is -2.28. The summed E-state index contributed by atoms with van der Waals surface area (Å²) in [6.45, 7) is 8.44. The molecule has 1 aromatic carbocycles. The molecule has 0 fully saturated rings. The van der Waals surface area contributed by atoms with E-state index in [1.807, 2.05) is 13.8 Å². The third-order valence-electron chi connectivity index (χ3n) is 4.04. The van der Waals surface area contributed by atoms with Gasteiger partial charge in [0.25, 0.3) is 5.91 Å². The Morgan fingerprint density at radius 2 is 1.90 bits per heavy atom. The molecule has 8 heteroatoms. The smallest absolute Gasteiger partial charge is 0.408 e. The maximum atomic E-state index is 13.0. The van der Waals surface area contributed by atoms with Gasteiger partial charge in [0.1, 0.15) is 17.9 Å². The summed E-state index contributed by atoms with van der Waals surface area (Å²) in [6, 6.07) is 6.94. The molecule has 1 aromatic rings. The highest BCUT2D eigenvalue weighted by Gasteiger charge is 2.33. The number of nitrogens with one attached hydrogen (secondary N) is 2. The molecule has 164 valence electrons. The molecule has 0 aliphatic rings. The standard InChI is InChI=1S/C22H31N3O5/c1-7-11-15(3)24-20(28)19(16-12-9-10-13-17(16)26)25(8-2)18(27)14-23-21(29)30-22(4,5)6/h2,9-10,12-13,15,19,26H,7,11,14H2,1,3-6H3,(H,23,29)(H,24,28). The van der Waals surface area contributed by atoms with Gasteiger partial charge in [0.15, 0.2) is 6.04 Å². The fourth-order valence-electron chi connectivity index (χ4n) is 2.78. The molecular formula is C22H31N3O5. The van der Waals surface area contributed by atoms with Crippen molar-refractivity contribution in [1.82, 2.24) is 15.5 Å². The molecule has 0 spiro atoms. The van der Waals surface area contributed by atoms with E-state index in [9.17, 15) is 19.5 Å². The molecule has 3 amide bonds. The van der Waals surface area contributed by atoms with Crippen LogP contribution in [-0.2, 0) is 14.3 Å². The van der Waals surface area contributed by atoms with Crippen molar-refractivity contribution in [2.45, 2.75) is 65.1 Å². The first kappa shape index (κ1) is 24.8. The highest BCUT2D eigenvalue weighted by atomic mass is 16.6. The summed E-state index contributed by atoms with van der Waals surface area (Å²) in [6.07, 6.45) is 6.36. The quantitative estimate of drug-likeness (QED) is 0.445. The van der Waals surface area contributed by atoms with Crippen molar-refractivity contribution in [3.8, 4) is 18.2 Å². The van der Waals surface area contributed by atoms with Crippen LogP contribution < -0.4 is 10.6 Å². The van der Waals surface area contributed by atoms with Crippen LogP contribution in [0.4, 0.5) is 4.79 Å². The number of rotatable bonds is 8. The van der Waals surface area contributed by atoms with Crippen molar-refractivity contribution in [2.24, 2.45) is 0 Å². The van der Waals surface area contributed by atoms with Gasteiger partial charge in [-0.2, -0.15) is 0 Å². The molecule has 30 heavy (non-hydrogen) atoms. The number of aromatic hydroxyl groups is 1. The monoisotopic (exact) mass is 417 g/mol. The van der Waals surface area contributed by atoms with Gasteiger partial charge in [-0.1, -0.05) is 38.0 Å². The lowest BCUT2D eigenvalue weighted by Crippen LogP contribution is -2.47. The molecular weight excluding hydrogens is 386 g/mol. The molecule has 0 bridgehead atoms. The van der Waals surface area contributed by atoms with E-state index < -0.39 is 36.1 Å². The molecule has 0 radical (unpaired) electrons. The number of carbonyl (C=O) groups is 3. The first-order valence-corrected chi connectivity index (χ1v) is 9.83. The van der Waals surface area contributed by atoms with Crippen molar-refractivity contribution >= 4 is 17.9 Å². The van der Waals surface area contributed by atoms with Gasteiger partial charge in [0.05, 0.1) is 0 Å². The zero-order valence-electron chi connectivity index (χ0n) is 18.2. The minimum atomic E-state index is -1.26. The summed E-state index contributed by atoms with van der Waals surface area (Å²) >= 11 is 0. The summed E-state index contributed by atoms with van der Waals surface area (Å²) in [5.41, 5.74) is -0.547. The maximum Gasteiger partial charge on any atom is 0.408 e. The van der Waals surface area contributed by atoms with Gasteiger partial charge in [-0.15, -0.1) is 0 Å². The van der Waals surface area contributed by atoms with E-state index in [0.29, 0.717) is 0 Å². The highest BCUT2D eigenvalue weighted by molar-refractivity contribution is 5.92. The number of nitrogens with zero attached hydrogens (tertiary/aromatic N) is 1. The molecule has 8 nitrogen and oxygen atoms in total. The number of alkyl carbamates (subject to hydrolysis) is 1. The summed E-state index contributed by atoms with van der Waals surface area (Å²) in [5, 5.41) is 15.4.